The molecule has 1 rings (SSSR count). The summed E-state index contributed by atoms with van der Waals surface area (Å²) in [5.41, 5.74) is 0.0429. The van der Waals surface area contributed by atoms with Crippen molar-refractivity contribution in [3.05, 3.63) is 34.9 Å². The molecule has 5 heteroatoms. The summed E-state index contributed by atoms with van der Waals surface area (Å²) in [5, 5.41) is 0.462. The highest BCUT2D eigenvalue weighted by atomic mass is 35.5. The Balaban J connectivity index is 3.09. The second-order valence-electron chi connectivity index (χ2n) is 7.39. The summed E-state index contributed by atoms with van der Waals surface area (Å²) >= 11 is 6.22. The van der Waals surface area contributed by atoms with Gasteiger partial charge in [0.1, 0.15) is 0 Å². The van der Waals surface area contributed by atoms with Gasteiger partial charge in [0.25, 0.3) is 0 Å². The Morgan fingerprint density at radius 3 is 2.12 bits per heavy atom. The normalized spacial score (nSPS) is 13.8. The predicted molar refractivity (Wildman–Crippen MR) is 103 cm³/mol. The van der Waals surface area contributed by atoms with Crippen LogP contribution in [0.1, 0.15) is 51.9 Å². The smallest absolute Gasteiger partial charge is 0.196 e. The SMILES string of the molecule is CC[Si](CC)(CC)CC(OOC(C)(C)C)C(=O)c1ccccc1Cl. The molecular formula is C19H31ClO3Si. The number of benzene rings is 1. The molecule has 0 aliphatic rings. The lowest BCUT2D eigenvalue weighted by molar-refractivity contribution is -0.360. The van der Waals surface area contributed by atoms with Crippen LogP contribution < -0.4 is 0 Å². The van der Waals surface area contributed by atoms with E-state index in [-0.39, 0.29) is 5.78 Å². The van der Waals surface area contributed by atoms with Crippen molar-refractivity contribution in [2.45, 2.75) is 77.4 Å². The number of rotatable bonds is 9. The summed E-state index contributed by atoms with van der Waals surface area (Å²) in [4.78, 5) is 24.2. The summed E-state index contributed by atoms with van der Waals surface area (Å²) in [5.74, 6) is -0.0860. The first-order chi connectivity index (χ1) is 11.2. The van der Waals surface area contributed by atoms with E-state index in [1.165, 1.54) is 0 Å². The van der Waals surface area contributed by atoms with Crippen molar-refractivity contribution < 1.29 is 14.6 Å². The van der Waals surface area contributed by atoms with Gasteiger partial charge < -0.3 is 0 Å². The van der Waals surface area contributed by atoms with Gasteiger partial charge in [-0.1, -0.05) is 62.6 Å². The summed E-state index contributed by atoms with van der Waals surface area (Å²) in [6, 6.07) is 11.3. The van der Waals surface area contributed by atoms with Gasteiger partial charge in [0.2, 0.25) is 0 Å². The van der Waals surface area contributed by atoms with Crippen molar-refractivity contribution in [2.75, 3.05) is 0 Å². The van der Waals surface area contributed by atoms with Crippen molar-refractivity contribution in [1.29, 1.82) is 0 Å². The van der Waals surface area contributed by atoms with Crippen molar-refractivity contribution in [3.8, 4) is 0 Å². The molecular weight excluding hydrogens is 340 g/mol. The molecule has 0 aromatic heterocycles. The third kappa shape index (κ3) is 5.99. The third-order valence-corrected chi connectivity index (χ3v) is 10.8. The van der Waals surface area contributed by atoms with E-state index in [4.69, 9.17) is 21.4 Å². The number of carbonyl (C=O) groups is 1. The van der Waals surface area contributed by atoms with Gasteiger partial charge in [0.15, 0.2) is 11.9 Å². The summed E-state index contributed by atoms with van der Waals surface area (Å²) in [6.45, 7) is 12.4. The molecule has 1 aromatic carbocycles. The quantitative estimate of drug-likeness (QED) is 0.226. The minimum atomic E-state index is -1.56. The second-order valence-corrected chi connectivity index (χ2v) is 13.3. The van der Waals surface area contributed by atoms with Crippen LogP contribution in [0.5, 0.6) is 0 Å². The topological polar surface area (TPSA) is 35.5 Å². The van der Waals surface area contributed by atoms with Gasteiger partial charge in [-0.25, -0.2) is 9.78 Å². The number of hydrogen-bond acceptors (Lipinski definition) is 3. The van der Waals surface area contributed by atoms with Gasteiger partial charge in [0, 0.05) is 5.56 Å². The molecule has 0 N–H and O–H groups in total. The van der Waals surface area contributed by atoms with E-state index in [1.54, 1.807) is 12.1 Å². The van der Waals surface area contributed by atoms with E-state index < -0.39 is 19.8 Å². The van der Waals surface area contributed by atoms with Crippen LogP contribution in [0.3, 0.4) is 0 Å². The lowest BCUT2D eigenvalue weighted by Gasteiger charge is -2.32. The van der Waals surface area contributed by atoms with Crippen LogP contribution in [-0.4, -0.2) is 25.6 Å². The van der Waals surface area contributed by atoms with Gasteiger partial charge in [-0.2, -0.15) is 0 Å². The number of halogens is 1. The number of ketones is 1. The van der Waals surface area contributed by atoms with E-state index in [9.17, 15) is 4.79 Å². The molecule has 0 saturated carbocycles. The number of carbonyl (C=O) groups excluding carboxylic acids is 1. The Morgan fingerprint density at radius 2 is 1.67 bits per heavy atom. The Hall–Kier alpha value is -0.683. The van der Waals surface area contributed by atoms with Crippen LogP contribution in [-0.2, 0) is 9.78 Å². The van der Waals surface area contributed by atoms with Crippen LogP contribution in [0.4, 0.5) is 0 Å². The van der Waals surface area contributed by atoms with E-state index in [0.29, 0.717) is 10.6 Å². The molecule has 1 aromatic rings. The standard InChI is InChI=1S/C19H31ClO3Si/c1-7-24(8-2,9-3)14-17(22-23-19(4,5)6)18(21)15-12-10-11-13-16(15)20/h10-13,17H,7-9,14H2,1-6H3. The van der Waals surface area contributed by atoms with Gasteiger partial charge in [-0.05, 0) is 38.9 Å². The molecule has 0 amide bonds. The molecule has 0 bridgehead atoms. The van der Waals surface area contributed by atoms with Gasteiger partial charge in [0.05, 0.1) is 18.7 Å². The molecule has 0 radical (unpaired) electrons. The van der Waals surface area contributed by atoms with Crippen LogP contribution in [0.25, 0.3) is 0 Å². The van der Waals surface area contributed by atoms with E-state index in [0.717, 1.165) is 24.2 Å². The van der Waals surface area contributed by atoms with Crippen LogP contribution in [0.15, 0.2) is 24.3 Å². The number of Topliss-reactive ketones (excluding diaryl/α,β-unsaturated/α-hetero) is 1. The molecule has 0 fully saturated rings. The van der Waals surface area contributed by atoms with E-state index >= 15 is 0 Å². The maximum Gasteiger partial charge on any atom is 0.196 e. The van der Waals surface area contributed by atoms with Crippen LogP contribution in [0, 0.1) is 0 Å². The summed E-state index contributed by atoms with van der Waals surface area (Å²) in [7, 11) is -1.56. The highest BCUT2D eigenvalue weighted by Crippen LogP contribution is 2.30. The van der Waals surface area contributed by atoms with E-state index in [2.05, 4.69) is 20.8 Å². The average molecular weight is 371 g/mol. The Labute approximate surface area is 152 Å². The van der Waals surface area contributed by atoms with Crippen molar-refractivity contribution >= 4 is 25.5 Å². The minimum Gasteiger partial charge on any atom is -0.291 e. The van der Waals surface area contributed by atoms with Crippen LogP contribution in [0.2, 0.25) is 29.2 Å². The molecule has 1 atom stereocenters. The Bertz CT molecular complexity index is 527. The Kier molecular flexibility index (Phi) is 8.13. The maximum absolute atomic E-state index is 13.0. The third-order valence-electron chi connectivity index (χ3n) is 4.71. The molecule has 3 nitrogen and oxygen atoms in total. The van der Waals surface area contributed by atoms with Crippen molar-refractivity contribution in [1.82, 2.24) is 0 Å². The first-order valence-corrected chi connectivity index (χ1v) is 12.0. The van der Waals surface area contributed by atoms with Crippen LogP contribution >= 0.6 is 11.6 Å². The number of hydrogen-bond donors (Lipinski definition) is 0. The van der Waals surface area contributed by atoms with Crippen molar-refractivity contribution in [3.63, 3.8) is 0 Å². The molecule has 0 heterocycles. The second kappa shape index (κ2) is 9.14. The zero-order valence-electron chi connectivity index (χ0n) is 15.8. The first-order valence-electron chi connectivity index (χ1n) is 8.81. The Morgan fingerprint density at radius 1 is 1.12 bits per heavy atom. The largest absolute Gasteiger partial charge is 0.291 e. The van der Waals surface area contributed by atoms with Crippen molar-refractivity contribution in [2.24, 2.45) is 0 Å². The summed E-state index contributed by atoms with van der Waals surface area (Å²) in [6.07, 6.45) is -0.601. The average Bonchev–Trinajstić information content (AvgIpc) is 2.55. The maximum atomic E-state index is 13.0. The fourth-order valence-electron chi connectivity index (χ4n) is 2.78. The highest BCUT2D eigenvalue weighted by Gasteiger charge is 2.36. The molecule has 1 unspecified atom stereocenters. The fourth-order valence-corrected chi connectivity index (χ4v) is 6.42. The van der Waals surface area contributed by atoms with Gasteiger partial charge in [-0.15, -0.1) is 0 Å². The lowest BCUT2D eigenvalue weighted by atomic mass is 10.1. The van der Waals surface area contributed by atoms with E-state index in [1.807, 2.05) is 32.9 Å². The molecule has 24 heavy (non-hydrogen) atoms. The molecule has 0 aliphatic heterocycles. The molecule has 0 saturated heterocycles. The van der Waals surface area contributed by atoms with Gasteiger partial charge in [-0.3, -0.25) is 4.79 Å². The summed E-state index contributed by atoms with van der Waals surface area (Å²) < 4.78 is 0. The molecule has 0 spiro atoms. The first kappa shape index (κ1) is 21.4. The lowest BCUT2D eigenvalue weighted by Crippen LogP contribution is -2.41. The zero-order chi connectivity index (χ0) is 18.4. The minimum absolute atomic E-state index is 0.0860. The highest BCUT2D eigenvalue weighted by molar-refractivity contribution is 6.80. The monoisotopic (exact) mass is 370 g/mol. The fraction of sp³-hybridized carbons (Fsp3) is 0.632. The van der Waals surface area contributed by atoms with Gasteiger partial charge >= 0.3 is 0 Å². The predicted octanol–water partition coefficient (Wildman–Crippen LogP) is 6.15. The molecule has 0 aliphatic carbocycles. The molecule has 136 valence electrons. The zero-order valence-corrected chi connectivity index (χ0v) is 17.6.